The Morgan fingerprint density at radius 3 is 2.56 bits per heavy atom. The van der Waals surface area contributed by atoms with Crippen LogP contribution in [0.4, 0.5) is 11.5 Å². The number of nitrogens with zero attached hydrogens (tertiary/aromatic N) is 4. The van der Waals surface area contributed by atoms with Gasteiger partial charge in [0.05, 0.1) is 12.1 Å². The molecule has 1 fully saturated rings. The fourth-order valence-electron chi connectivity index (χ4n) is 4.00. The third-order valence-corrected chi connectivity index (χ3v) is 5.78. The van der Waals surface area contributed by atoms with Crippen molar-refractivity contribution in [3.8, 4) is 0 Å². The summed E-state index contributed by atoms with van der Waals surface area (Å²) in [4.78, 5) is 25.3. The van der Waals surface area contributed by atoms with Crippen LogP contribution in [-0.4, -0.2) is 44.0 Å². The van der Waals surface area contributed by atoms with Crippen molar-refractivity contribution in [2.24, 2.45) is 4.99 Å². The summed E-state index contributed by atoms with van der Waals surface area (Å²) in [5.41, 5.74) is 4.23. The molecule has 1 saturated heterocycles. The third kappa shape index (κ3) is 6.16. The number of aliphatic imine (C=N–C) groups is 1. The zero-order valence-corrected chi connectivity index (χ0v) is 22.4. The first-order valence-electron chi connectivity index (χ1n) is 11.5. The molecular weight excluding hydrogens is 539 g/mol. The van der Waals surface area contributed by atoms with E-state index in [2.05, 4.69) is 29.7 Å². The molecule has 4 rings (SSSR count). The van der Waals surface area contributed by atoms with Crippen molar-refractivity contribution in [1.82, 2.24) is 15.6 Å². The largest absolute Gasteiger partial charge is 0.363 e. The lowest BCUT2D eigenvalue weighted by Gasteiger charge is -2.17. The average molecular weight is 572 g/mol. The molecule has 2 N–H and O–H groups in total. The highest BCUT2D eigenvalue weighted by atomic mass is 127. The van der Waals surface area contributed by atoms with E-state index in [0.717, 1.165) is 53.4 Å². The number of hydrogen-bond acceptors (Lipinski definition) is 4. The first kappa shape index (κ1) is 25.7. The number of nitrogens with one attached hydrogen (secondary N) is 2. The molecule has 0 spiro atoms. The molecule has 2 heterocycles. The smallest absolute Gasteiger partial charge is 0.227 e. The topological polar surface area (TPSA) is 72.9 Å². The van der Waals surface area contributed by atoms with E-state index in [0.29, 0.717) is 19.5 Å². The Hall–Kier alpha value is -2.88. The third-order valence-electron chi connectivity index (χ3n) is 5.78. The summed E-state index contributed by atoms with van der Waals surface area (Å²) < 4.78 is 0. The maximum Gasteiger partial charge on any atom is 0.227 e. The van der Waals surface area contributed by atoms with E-state index < -0.39 is 0 Å². The van der Waals surface area contributed by atoms with Gasteiger partial charge >= 0.3 is 0 Å². The van der Waals surface area contributed by atoms with Gasteiger partial charge in [-0.1, -0.05) is 30.3 Å². The van der Waals surface area contributed by atoms with Crippen LogP contribution in [0.3, 0.4) is 0 Å². The van der Waals surface area contributed by atoms with Crippen LogP contribution >= 0.6 is 24.0 Å². The monoisotopic (exact) mass is 572 g/mol. The predicted octanol–water partition coefficient (Wildman–Crippen LogP) is 4.30. The fourth-order valence-corrected chi connectivity index (χ4v) is 4.00. The first-order valence-corrected chi connectivity index (χ1v) is 11.5. The highest BCUT2D eigenvalue weighted by Crippen LogP contribution is 2.23. The van der Waals surface area contributed by atoms with E-state index in [4.69, 9.17) is 9.98 Å². The van der Waals surface area contributed by atoms with Crippen LogP contribution in [0.5, 0.6) is 0 Å². The van der Waals surface area contributed by atoms with E-state index >= 15 is 0 Å². The highest BCUT2D eigenvalue weighted by Gasteiger charge is 2.21. The van der Waals surface area contributed by atoms with Crippen molar-refractivity contribution in [3.63, 3.8) is 0 Å². The SMILES string of the molecule is CCNC(=NCc1ccc(N2CCCC2=O)cc1)NCc1cc(N(C)C)nc2ccccc12.I. The van der Waals surface area contributed by atoms with Crippen molar-refractivity contribution >= 4 is 58.3 Å². The molecule has 0 aliphatic carbocycles. The molecule has 1 aromatic heterocycles. The number of aromatic nitrogens is 1. The van der Waals surface area contributed by atoms with Gasteiger partial charge in [-0.3, -0.25) is 4.79 Å². The maximum atomic E-state index is 12.0. The number of guanidine groups is 1. The van der Waals surface area contributed by atoms with Crippen LogP contribution in [0.2, 0.25) is 0 Å². The maximum absolute atomic E-state index is 12.0. The minimum Gasteiger partial charge on any atom is -0.363 e. The lowest BCUT2D eigenvalue weighted by Crippen LogP contribution is -2.36. The lowest BCUT2D eigenvalue weighted by molar-refractivity contribution is -0.117. The van der Waals surface area contributed by atoms with Gasteiger partial charge in [-0.25, -0.2) is 9.98 Å². The number of carbonyl (C=O) groups excluding carboxylic acids is 1. The van der Waals surface area contributed by atoms with Crippen LogP contribution in [0, 0.1) is 0 Å². The van der Waals surface area contributed by atoms with Gasteiger partial charge in [0.1, 0.15) is 5.82 Å². The van der Waals surface area contributed by atoms with E-state index in [9.17, 15) is 4.79 Å². The number of anilines is 2. The van der Waals surface area contributed by atoms with Gasteiger partial charge in [-0.05, 0) is 48.7 Å². The number of hydrogen-bond donors (Lipinski definition) is 2. The van der Waals surface area contributed by atoms with E-state index in [-0.39, 0.29) is 29.9 Å². The Labute approximate surface area is 218 Å². The van der Waals surface area contributed by atoms with E-state index in [1.54, 1.807) is 0 Å². The summed E-state index contributed by atoms with van der Waals surface area (Å²) in [5, 5.41) is 7.94. The Morgan fingerprint density at radius 2 is 1.88 bits per heavy atom. The number of para-hydroxylation sites is 1. The Balaban J connectivity index is 0.00000324. The molecule has 0 unspecified atom stereocenters. The Morgan fingerprint density at radius 1 is 1.12 bits per heavy atom. The lowest BCUT2D eigenvalue weighted by atomic mass is 10.1. The normalized spacial score (nSPS) is 13.7. The second kappa shape index (κ2) is 12.0. The van der Waals surface area contributed by atoms with Gasteiger partial charge in [0.25, 0.3) is 0 Å². The minimum atomic E-state index is 0. The van der Waals surface area contributed by atoms with Gasteiger partial charge < -0.3 is 20.4 Å². The number of amides is 1. The second-order valence-corrected chi connectivity index (χ2v) is 8.42. The zero-order chi connectivity index (χ0) is 23.2. The number of carbonyl (C=O) groups is 1. The molecule has 34 heavy (non-hydrogen) atoms. The van der Waals surface area contributed by atoms with Crippen LogP contribution in [0.25, 0.3) is 10.9 Å². The minimum absolute atomic E-state index is 0. The van der Waals surface area contributed by atoms with Crippen LogP contribution in [0.1, 0.15) is 30.9 Å². The number of rotatable bonds is 7. The van der Waals surface area contributed by atoms with E-state index in [1.807, 2.05) is 66.4 Å². The molecule has 8 heteroatoms. The highest BCUT2D eigenvalue weighted by molar-refractivity contribution is 14.0. The van der Waals surface area contributed by atoms with Gasteiger partial charge in [-0.15, -0.1) is 24.0 Å². The molecular formula is C26H33IN6O. The molecule has 1 aliphatic rings. The molecule has 0 bridgehead atoms. The quantitative estimate of drug-likeness (QED) is 0.251. The number of fused-ring (bicyclic) bond motifs is 1. The summed E-state index contributed by atoms with van der Waals surface area (Å²) in [7, 11) is 4.01. The molecule has 7 nitrogen and oxygen atoms in total. The van der Waals surface area contributed by atoms with Crippen molar-refractivity contribution in [2.45, 2.75) is 32.9 Å². The van der Waals surface area contributed by atoms with Gasteiger partial charge in [0.15, 0.2) is 5.96 Å². The van der Waals surface area contributed by atoms with Crippen molar-refractivity contribution in [1.29, 1.82) is 0 Å². The van der Waals surface area contributed by atoms with Gasteiger partial charge in [0.2, 0.25) is 5.91 Å². The van der Waals surface area contributed by atoms with Gasteiger partial charge in [-0.2, -0.15) is 0 Å². The predicted molar refractivity (Wildman–Crippen MR) is 151 cm³/mol. The standard InChI is InChI=1S/C26H32N6O.HI/c1-4-27-26(28-17-19-11-13-21(14-12-19)32-15-7-10-25(32)33)29-18-20-16-24(31(2)3)30-23-9-6-5-8-22(20)23;/h5-6,8-9,11-14,16H,4,7,10,15,17-18H2,1-3H3,(H2,27,28,29);1H. The van der Waals surface area contributed by atoms with Crippen molar-refractivity contribution < 1.29 is 4.79 Å². The molecule has 0 radical (unpaired) electrons. The molecule has 2 aromatic carbocycles. The Bertz CT molecular complexity index is 1150. The molecule has 180 valence electrons. The van der Waals surface area contributed by atoms with Crippen molar-refractivity contribution in [3.05, 3.63) is 65.7 Å². The number of benzene rings is 2. The van der Waals surface area contributed by atoms with Crippen LogP contribution < -0.4 is 20.4 Å². The Kier molecular flexibility index (Phi) is 9.09. The van der Waals surface area contributed by atoms with E-state index in [1.165, 1.54) is 5.56 Å². The van der Waals surface area contributed by atoms with Crippen molar-refractivity contribution in [2.75, 3.05) is 37.0 Å². The second-order valence-electron chi connectivity index (χ2n) is 8.42. The first-order chi connectivity index (χ1) is 16.0. The summed E-state index contributed by atoms with van der Waals surface area (Å²) in [5.74, 6) is 1.91. The summed E-state index contributed by atoms with van der Waals surface area (Å²) >= 11 is 0. The molecule has 1 amide bonds. The number of halogens is 1. The zero-order valence-electron chi connectivity index (χ0n) is 20.0. The van der Waals surface area contributed by atoms with Crippen LogP contribution in [0.15, 0.2) is 59.6 Å². The summed E-state index contributed by atoms with van der Waals surface area (Å²) in [6.07, 6.45) is 1.58. The molecule has 3 aromatic rings. The number of pyridine rings is 1. The fraction of sp³-hybridized carbons (Fsp3) is 0.346. The summed E-state index contributed by atoms with van der Waals surface area (Å²) in [6, 6.07) is 18.5. The average Bonchev–Trinajstić information content (AvgIpc) is 3.26. The molecule has 0 atom stereocenters. The molecule has 0 saturated carbocycles. The van der Waals surface area contributed by atoms with Gasteiger partial charge in [0, 0.05) is 51.2 Å². The molecule has 1 aliphatic heterocycles. The summed E-state index contributed by atoms with van der Waals surface area (Å²) in [6.45, 7) is 4.85. The van der Waals surface area contributed by atoms with Crippen LogP contribution in [-0.2, 0) is 17.9 Å².